The third kappa shape index (κ3) is 9.63. The Labute approximate surface area is 360 Å². The average molecular weight is 871 g/mol. The van der Waals surface area contributed by atoms with Crippen molar-refractivity contribution in [2.24, 2.45) is 11.8 Å². The first kappa shape index (κ1) is 45.7. The molecule has 2 atom stereocenters. The summed E-state index contributed by atoms with van der Waals surface area (Å²) in [6.07, 6.45) is 15.7. The van der Waals surface area contributed by atoms with E-state index < -0.39 is 67.9 Å². The fraction of sp³-hybridized carbons (Fsp3) is 0.320. The van der Waals surface area contributed by atoms with Crippen LogP contribution in [0.2, 0.25) is 8.45 Å². The number of nitrogens with zero attached hydrogens (tertiary/aromatic N) is 2. The van der Waals surface area contributed by atoms with Crippen LogP contribution in [-0.4, -0.2) is 48.3 Å². The van der Waals surface area contributed by atoms with E-state index in [0.29, 0.717) is 25.7 Å². The molecular formula is C50H54F4N2O4Ti. The molecule has 320 valence electrons. The van der Waals surface area contributed by atoms with Gasteiger partial charge in [-0.1, -0.05) is 0 Å². The van der Waals surface area contributed by atoms with Crippen molar-refractivity contribution in [1.29, 1.82) is 0 Å². The molecular weight excluding hydrogens is 816 g/mol. The molecule has 0 radical (unpaired) electrons. The van der Waals surface area contributed by atoms with Gasteiger partial charge in [-0.15, -0.1) is 0 Å². The van der Waals surface area contributed by atoms with E-state index in [9.17, 15) is 19.8 Å². The van der Waals surface area contributed by atoms with Gasteiger partial charge in [0.2, 0.25) is 0 Å². The van der Waals surface area contributed by atoms with Crippen LogP contribution >= 0.6 is 0 Å². The number of carbonyl (C=O) groups is 2. The minimum absolute atomic E-state index is 0.0178. The molecule has 6 nitrogen and oxygen atoms in total. The molecule has 2 N–H and O–H groups in total. The van der Waals surface area contributed by atoms with Gasteiger partial charge in [-0.3, -0.25) is 0 Å². The molecule has 0 saturated carbocycles. The average Bonchev–Trinajstić information content (AvgIpc) is 4.00. The molecule has 2 unspecified atom stereocenters. The predicted molar refractivity (Wildman–Crippen MR) is 233 cm³/mol. The van der Waals surface area contributed by atoms with Gasteiger partial charge in [-0.25, -0.2) is 0 Å². The number of hydrogen-bond acceptors (Lipinski definition) is 4. The summed E-state index contributed by atoms with van der Waals surface area (Å²) in [5.74, 6) is -5.64. The van der Waals surface area contributed by atoms with Crippen LogP contribution in [0.25, 0.3) is 0 Å². The van der Waals surface area contributed by atoms with Gasteiger partial charge < -0.3 is 0 Å². The Balaban J connectivity index is 1.64. The Hall–Kier alpha value is -4.87. The van der Waals surface area contributed by atoms with E-state index in [2.05, 4.69) is 0 Å². The SMILES string of the molecule is Cc1ccc(C(=O)N(CC(C)CCCO)c2ccc(F)[c]([Ti]([c]3c(F)ccc(N(CC(C)CCCO)C(=O)c4ccc(C)cc4)c3F)([CH]3C=CC=C3)[CH]3C=CC=C3)c2F)cc1. The maximum absolute atomic E-state index is 18.3. The predicted octanol–water partition coefficient (Wildman–Crippen LogP) is 9.90. The van der Waals surface area contributed by atoms with Gasteiger partial charge in [-0.2, -0.15) is 0 Å². The van der Waals surface area contributed by atoms with E-state index >= 15 is 17.6 Å². The third-order valence-corrected chi connectivity index (χ3v) is 20.4. The number of allylic oxidation sites excluding steroid dienone is 8. The number of aliphatic hydroxyl groups excluding tert-OH is 2. The van der Waals surface area contributed by atoms with Crippen LogP contribution in [0.4, 0.5) is 28.9 Å². The van der Waals surface area contributed by atoms with E-state index in [1.165, 1.54) is 21.9 Å². The number of benzene rings is 4. The van der Waals surface area contributed by atoms with Gasteiger partial charge in [0.1, 0.15) is 0 Å². The molecule has 2 aliphatic rings. The molecule has 0 heterocycles. The van der Waals surface area contributed by atoms with Crippen LogP contribution in [0.15, 0.2) is 121 Å². The van der Waals surface area contributed by atoms with Crippen molar-refractivity contribution in [3.63, 3.8) is 0 Å². The first-order valence-corrected chi connectivity index (χ1v) is 24.4. The molecule has 61 heavy (non-hydrogen) atoms. The third-order valence-electron chi connectivity index (χ3n) is 11.9. The molecule has 2 amide bonds. The normalized spacial score (nSPS) is 14.9. The number of aryl methyl sites for hydroxylation is 2. The summed E-state index contributed by atoms with van der Waals surface area (Å²) in [4.78, 5) is 31.4. The van der Waals surface area contributed by atoms with Gasteiger partial charge in [-0.05, 0) is 0 Å². The van der Waals surface area contributed by atoms with Crippen LogP contribution in [0.5, 0.6) is 0 Å². The summed E-state index contributed by atoms with van der Waals surface area (Å²) < 4.78 is 68.4. The fourth-order valence-corrected chi connectivity index (χ4v) is 17.5. The van der Waals surface area contributed by atoms with Crippen molar-refractivity contribution in [1.82, 2.24) is 0 Å². The molecule has 2 aliphatic carbocycles. The molecule has 4 aromatic carbocycles. The van der Waals surface area contributed by atoms with Crippen LogP contribution in [0, 0.1) is 49.0 Å². The van der Waals surface area contributed by atoms with E-state index in [1.54, 1.807) is 97.1 Å². The topological polar surface area (TPSA) is 81.1 Å². The Morgan fingerprint density at radius 1 is 0.574 bits per heavy atom. The standard InChI is InChI=1S/2C20H22F2NO2.2C5H5.Ti/c2*1-14-5-7-16(8-6-14)20(25)23(13-15(2)4-3-11-24)19-10-9-17(21)12-18(19)22;2*1-2-4-5-3-1;/h2*5-10,15,24H,3-4,11,13H2,1-2H3;2*1-5H;. The monoisotopic (exact) mass is 870 g/mol. The molecule has 4 aromatic rings. The fourth-order valence-electron chi connectivity index (χ4n) is 8.71. The van der Waals surface area contributed by atoms with Crippen molar-refractivity contribution in [2.75, 3.05) is 36.1 Å². The summed E-state index contributed by atoms with van der Waals surface area (Å²) in [6, 6.07) is 18.2. The zero-order valence-electron chi connectivity index (χ0n) is 35.1. The zero-order valence-corrected chi connectivity index (χ0v) is 36.7. The van der Waals surface area contributed by atoms with E-state index in [1.807, 2.05) is 27.7 Å². The Morgan fingerprint density at radius 2 is 0.918 bits per heavy atom. The van der Waals surface area contributed by atoms with Crippen molar-refractivity contribution in [2.45, 2.75) is 61.8 Å². The van der Waals surface area contributed by atoms with Gasteiger partial charge in [0, 0.05) is 0 Å². The Morgan fingerprint density at radius 3 is 1.25 bits per heavy atom. The Kier molecular flexibility index (Phi) is 15.2. The molecule has 6 rings (SSSR count). The second kappa shape index (κ2) is 20.3. The molecule has 0 aromatic heterocycles. The van der Waals surface area contributed by atoms with Crippen LogP contribution in [0.3, 0.4) is 0 Å². The summed E-state index contributed by atoms with van der Waals surface area (Å²) >= 11 is -5.41. The molecule has 0 fully saturated rings. The second-order valence-corrected chi connectivity index (χ2v) is 22.8. The van der Waals surface area contributed by atoms with Crippen molar-refractivity contribution in [3.8, 4) is 0 Å². The van der Waals surface area contributed by atoms with Gasteiger partial charge >= 0.3 is 362 Å². The zero-order chi connectivity index (χ0) is 43.8. The number of anilines is 2. The summed E-state index contributed by atoms with van der Waals surface area (Å²) in [6.45, 7) is 7.40. The van der Waals surface area contributed by atoms with Gasteiger partial charge in [0.15, 0.2) is 0 Å². The number of rotatable bonds is 18. The van der Waals surface area contributed by atoms with Crippen LogP contribution in [0.1, 0.15) is 71.4 Å². The van der Waals surface area contributed by atoms with Crippen LogP contribution < -0.4 is 17.5 Å². The first-order chi connectivity index (χ1) is 29.3. The number of carbonyl (C=O) groups excluding carboxylic acids is 2. The summed E-state index contributed by atoms with van der Waals surface area (Å²) in [7, 11) is 0. The minimum atomic E-state index is -5.41. The van der Waals surface area contributed by atoms with Crippen LogP contribution in [-0.2, 0) is 16.6 Å². The molecule has 0 aliphatic heterocycles. The van der Waals surface area contributed by atoms with E-state index in [0.717, 1.165) is 23.3 Å². The Bertz CT molecular complexity index is 2140. The maximum atomic E-state index is 18.3. The number of halogens is 4. The van der Waals surface area contributed by atoms with Gasteiger partial charge in [0.25, 0.3) is 0 Å². The quantitative estimate of drug-likeness (QED) is 0.0771. The molecule has 0 saturated heterocycles. The first-order valence-electron chi connectivity index (χ1n) is 21.0. The van der Waals surface area contributed by atoms with Gasteiger partial charge in [0.05, 0.1) is 0 Å². The molecule has 11 heteroatoms. The molecule has 0 spiro atoms. The molecule has 0 bridgehead atoms. The number of aliphatic hydroxyl groups is 2. The van der Waals surface area contributed by atoms with E-state index in [4.69, 9.17) is 0 Å². The number of amides is 2. The van der Waals surface area contributed by atoms with Crippen molar-refractivity contribution in [3.05, 3.63) is 167 Å². The number of hydrogen-bond donors (Lipinski definition) is 2. The van der Waals surface area contributed by atoms with Crippen molar-refractivity contribution >= 4 is 30.9 Å². The second-order valence-electron chi connectivity index (χ2n) is 16.5. The summed E-state index contributed by atoms with van der Waals surface area (Å²) in [5, 5.41) is 19.2. The van der Waals surface area contributed by atoms with Crippen molar-refractivity contribution < 1.29 is 54.0 Å². The summed E-state index contributed by atoms with van der Waals surface area (Å²) in [5.41, 5.74) is 1.92. The van der Waals surface area contributed by atoms with E-state index in [-0.39, 0.29) is 60.6 Å².